The molecule has 0 bridgehead atoms. The Bertz CT molecular complexity index is 436. The number of allylic oxidation sites excluding steroid dienone is 4. The highest BCUT2D eigenvalue weighted by molar-refractivity contribution is 6.74. The van der Waals surface area contributed by atoms with E-state index in [9.17, 15) is 14.4 Å². The van der Waals surface area contributed by atoms with Crippen molar-refractivity contribution in [3.63, 3.8) is 0 Å². The van der Waals surface area contributed by atoms with Gasteiger partial charge in [-0.25, -0.2) is 0 Å². The number of rotatable bonds is 4. The largest absolute Gasteiger partial charge is 0.742 e. The lowest BCUT2D eigenvalue weighted by Crippen LogP contribution is -2.51. The third kappa shape index (κ3) is 3.78. The molecule has 1 aliphatic carbocycles. The summed E-state index contributed by atoms with van der Waals surface area (Å²) < 4.78 is 15.4. The normalized spacial score (nSPS) is 14.3. The summed E-state index contributed by atoms with van der Waals surface area (Å²) in [6, 6.07) is 0. The molecular weight excluding hydrogens is 268 g/mol. The molecular formula is C12H16O6Si. The van der Waals surface area contributed by atoms with Crippen LogP contribution in [0.2, 0.25) is 0 Å². The molecule has 0 atom stereocenters. The van der Waals surface area contributed by atoms with Crippen LogP contribution in [0.3, 0.4) is 0 Å². The second kappa shape index (κ2) is 5.83. The molecule has 0 unspecified atom stereocenters. The average Bonchev–Trinajstić information content (AvgIpc) is 2.61. The Kier molecular flexibility index (Phi) is 4.65. The van der Waals surface area contributed by atoms with Gasteiger partial charge in [-0.3, -0.25) is 14.4 Å². The van der Waals surface area contributed by atoms with Crippen molar-refractivity contribution in [3.8, 4) is 0 Å². The van der Waals surface area contributed by atoms with Crippen molar-refractivity contribution in [2.24, 2.45) is 0 Å². The summed E-state index contributed by atoms with van der Waals surface area (Å²) in [6.07, 6.45) is 4.21. The maximum atomic E-state index is 11.3. The molecule has 0 aromatic carbocycles. The van der Waals surface area contributed by atoms with E-state index in [2.05, 4.69) is 0 Å². The molecule has 0 aliphatic heterocycles. The lowest BCUT2D eigenvalue weighted by Gasteiger charge is -2.27. The molecule has 0 aromatic rings. The van der Waals surface area contributed by atoms with Gasteiger partial charge in [-0.2, -0.15) is 0 Å². The molecule has 0 saturated heterocycles. The molecule has 7 heteroatoms. The first-order valence-electron chi connectivity index (χ1n) is 5.73. The Morgan fingerprint density at radius 2 is 1.37 bits per heavy atom. The zero-order valence-corrected chi connectivity index (χ0v) is 12.3. The summed E-state index contributed by atoms with van der Waals surface area (Å²) in [4.78, 5) is 33.8. The van der Waals surface area contributed by atoms with Crippen LogP contribution in [0.4, 0.5) is 0 Å². The number of hydrogen-bond acceptors (Lipinski definition) is 6. The van der Waals surface area contributed by atoms with Gasteiger partial charge >= 0.3 is 8.80 Å². The minimum absolute atomic E-state index is 0.480. The van der Waals surface area contributed by atoms with Crippen molar-refractivity contribution in [1.82, 2.24) is 0 Å². The second-order valence-corrected chi connectivity index (χ2v) is 6.34. The molecule has 0 amide bonds. The lowest BCUT2D eigenvalue weighted by atomic mass is 10.3. The van der Waals surface area contributed by atoms with Gasteiger partial charge in [-0.15, -0.1) is 0 Å². The molecule has 0 radical (unpaired) electrons. The van der Waals surface area contributed by atoms with Gasteiger partial charge in [0, 0.05) is 20.8 Å². The van der Waals surface area contributed by atoms with Crippen molar-refractivity contribution < 1.29 is 27.7 Å². The average molecular weight is 284 g/mol. The highest BCUT2D eigenvalue weighted by Crippen LogP contribution is 2.31. The van der Waals surface area contributed by atoms with E-state index in [4.69, 9.17) is 13.3 Å². The van der Waals surface area contributed by atoms with Crippen molar-refractivity contribution in [2.45, 2.75) is 34.1 Å². The monoisotopic (exact) mass is 284 g/mol. The van der Waals surface area contributed by atoms with Crippen LogP contribution < -0.4 is 0 Å². The van der Waals surface area contributed by atoms with Crippen LogP contribution in [0.15, 0.2) is 22.9 Å². The van der Waals surface area contributed by atoms with Crippen LogP contribution in [-0.2, 0) is 27.7 Å². The molecule has 0 fully saturated rings. The smallest absolute Gasteiger partial charge is 0.452 e. The van der Waals surface area contributed by atoms with E-state index in [0.717, 1.165) is 5.57 Å². The van der Waals surface area contributed by atoms with Gasteiger partial charge in [0.2, 0.25) is 0 Å². The van der Waals surface area contributed by atoms with E-state index in [0.29, 0.717) is 11.6 Å². The molecule has 0 heterocycles. The Morgan fingerprint density at radius 1 is 0.947 bits per heavy atom. The van der Waals surface area contributed by atoms with E-state index in [-0.39, 0.29) is 0 Å². The van der Waals surface area contributed by atoms with E-state index in [1.165, 1.54) is 20.8 Å². The van der Waals surface area contributed by atoms with Crippen LogP contribution in [0, 0.1) is 0 Å². The number of carbonyl (C=O) groups excluding carboxylic acids is 3. The third-order valence-corrected chi connectivity index (χ3v) is 5.26. The predicted octanol–water partition coefficient (Wildman–Crippen LogP) is 1.43. The summed E-state index contributed by atoms with van der Waals surface area (Å²) in [5, 5.41) is 0.480. The zero-order chi connectivity index (χ0) is 14.6. The first-order valence-corrected chi connectivity index (χ1v) is 7.46. The van der Waals surface area contributed by atoms with E-state index < -0.39 is 26.7 Å². The van der Waals surface area contributed by atoms with E-state index in [1.54, 1.807) is 13.0 Å². The van der Waals surface area contributed by atoms with Crippen molar-refractivity contribution in [3.05, 3.63) is 22.9 Å². The van der Waals surface area contributed by atoms with Gasteiger partial charge < -0.3 is 13.3 Å². The Labute approximate surface area is 112 Å². The van der Waals surface area contributed by atoms with Gasteiger partial charge in [0.05, 0.1) is 5.20 Å². The van der Waals surface area contributed by atoms with Gasteiger partial charge in [-0.05, 0) is 18.9 Å². The highest BCUT2D eigenvalue weighted by atomic mass is 28.4. The Morgan fingerprint density at radius 3 is 1.63 bits per heavy atom. The maximum absolute atomic E-state index is 11.3. The maximum Gasteiger partial charge on any atom is 0.742 e. The molecule has 1 rings (SSSR count). The fraction of sp³-hybridized carbons (Fsp3) is 0.417. The fourth-order valence-electron chi connectivity index (χ4n) is 1.79. The van der Waals surface area contributed by atoms with Gasteiger partial charge in [0.1, 0.15) is 0 Å². The standard InChI is InChI=1S/C12H16O6Si/c1-8-6-5-7-12(8)19(16-9(2)13,17-10(3)14)18-11(4)15/h6-7H,5H2,1-4H3. The molecule has 0 saturated carbocycles. The Balaban J connectivity index is 3.24. The quantitative estimate of drug-likeness (QED) is 0.727. The predicted molar refractivity (Wildman–Crippen MR) is 67.5 cm³/mol. The topological polar surface area (TPSA) is 78.9 Å². The summed E-state index contributed by atoms with van der Waals surface area (Å²) in [5.74, 6) is -2.01. The van der Waals surface area contributed by atoms with Crippen molar-refractivity contribution in [2.75, 3.05) is 0 Å². The van der Waals surface area contributed by atoms with E-state index >= 15 is 0 Å². The van der Waals surface area contributed by atoms with E-state index in [1.807, 2.05) is 6.08 Å². The third-order valence-electron chi connectivity index (χ3n) is 2.34. The molecule has 104 valence electrons. The summed E-state index contributed by atoms with van der Waals surface area (Å²) >= 11 is 0. The summed E-state index contributed by atoms with van der Waals surface area (Å²) in [7, 11) is -3.87. The second-order valence-electron chi connectivity index (χ2n) is 4.08. The lowest BCUT2D eigenvalue weighted by molar-refractivity contribution is -0.147. The van der Waals surface area contributed by atoms with Crippen LogP contribution >= 0.6 is 0 Å². The SMILES string of the molecule is CC(=O)O[Si](OC(C)=O)(OC(C)=O)C1=CCC=C1C. The number of hydrogen-bond donors (Lipinski definition) is 0. The Hall–Kier alpha value is -1.89. The first-order chi connectivity index (χ1) is 8.77. The van der Waals surface area contributed by atoms with Gasteiger partial charge in [0.25, 0.3) is 17.9 Å². The van der Waals surface area contributed by atoms with Gasteiger partial charge in [0.15, 0.2) is 0 Å². The fourth-order valence-corrected chi connectivity index (χ4v) is 4.33. The van der Waals surface area contributed by atoms with Crippen LogP contribution in [0.25, 0.3) is 0 Å². The molecule has 0 spiro atoms. The minimum atomic E-state index is -3.87. The van der Waals surface area contributed by atoms with Crippen molar-refractivity contribution >= 4 is 26.7 Å². The van der Waals surface area contributed by atoms with Crippen LogP contribution in [0.5, 0.6) is 0 Å². The summed E-state index contributed by atoms with van der Waals surface area (Å²) in [5.41, 5.74) is 0.774. The first kappa shape index (κ1) is 15.2. The van der Waals surface area contributed by atoms with Crippen LogP contribution in [0.1, 0.15) is 34.1 Å². The number of carbonyl (C=O) groups is 3. The molecule has 6 nitrogen and oxygen atoms in total. The zero-order valence-electron chi connectivity index (χ0n) is 11.3. The molecule has 1 aliphatic rings. The molecule has 0 aromatic heterocycles. The van der Waals surface area contributed by atoms with Gasteiger partial charge in [-0.1, -0.05) is 12.2 Å². The summed E-state index contributed by atoms with van der Waals surface area (Å²) in [6.45, 7) is 5.28. The minimum Gasteiger partial charge on any atom is -0.452 e. The van der Waals surface area contributed by atoms with Crippen LogP contribution in [-0.4, -0.2) is 26.7 Å². The molecule has 19 heavy (non-hydrogen) atoms. The highest BCUT2D eigenvalue weighted by Gasteiger charge is 2.57. The molecule has 0 N–H and O–H groups in total. The van der Waals surface area contributed by atoms with Crippen molar-refractivity contribution in [1.29, 1.82) is 0 Å².